The number of fused-ring (bicyclic) bond motifs is 1. The Hall–Kier alpha value is -2.10. The highest BCUT2D eigenvalue weighted by atomic mass is 16.1. The number of nitrogens with one attached hydrogen (secondary N) is 1. The van der Waals surface area contributed by atoms with Crippen molar-refractivity contribution < 1.29 is 4.79 Å². The quantitative estimate of drug-likeness (QED) is 0.822. The number of aromatic nitrogens is 2. The summed E-state index contributed by atoms with van der Waals surface area (Å²) in [6, 6.07) is 8.10. The van der Waals surface area contributed by atoms with Crippen molar-refractivity contribution in [2.24, 2.45) is 0 Å². The molecule has 0 saturated carbocycles. The molecule has 4 nitrogen and oxygen atoms in total. The first kappa shape index (κ1) is 11.0. The third kappa shape index (κ3) is 1.70. The van der Waals surface area contributed by atoms with Crippen LogP contribution in [-0.4, -0.2) is 22.4 Å². The van der Waals surface area contributed by atoms with E-state index >= 15 is 0 Å². The van der Waals surface area contributed by atoms with Crippen LogP contribution < -0.4 is 5.32 Å². The Morgan fingerprint density at radius 3 is 2.83 bits per heavy atom. The second-order valence-electron chi connectivity index (χ2n) is 4.59. The number of carbonyl (C=O) groups excluding carboxylic acids is 1. The van der Waals surface area contributed by atoms with Crippen molar-refractivity contribution in [2.75, 3.05) is 11.9 Å². The lowest BCUT2D eigenvalue weighted by Gasteiger charge is -2.15. The largest absolute Gasteiger partial charge is 0.356 e. The summed E-state index contributed by atoms with van der Waals surface area (Å²) >= 11 is 0. The molecule has 4 heteroatoms. The number of aldehydes is 1. The van der Waals surface area contributed by atoms with Gasteiger partial charge in [-0.1, -0.05) is 29.8 Å². The molecule has 0 aliphatic carbocycles. The first-order chi connectivity index (χ1) is 8.79. The minimum Gasteiger partial charge on any atom is -0.356 e. The lowest BCUT2D eigenvalue weighted by atomic mass is 10.1. The fourth-order valence-electron chi connectivity index (χ4n) is 2.31. The maximum Gasteiger partial charge on any atom is 0.203 e. The number of rotatable bonds is 2. The molecule has 0 saturated heterocycles. The molecule has 0 amide bonds. The van der Waals surface area contributed by atoms with Gasteiger partial charge < -0.3 is 9.88 Å². The highest BCUT2D eigenvalue weighted by Crippen LogP contribution is 2.27. The van der Waals surface area contributed by atoms with E-state index in [1.54, 1.807) is 0 Å². The van der Waals surface area contributed by atoms with E-state index in [1.165, 1.54) is 5.56 Å². The predicted octanol–water partition coefficient (Wildman–Crippen LogP) is 2.49. The van der Waals surface area contributed by atoms with Crippen LogP contribution in [0.5, 0.6) is 0 Å². The minimum absolute atomic E-state index is 0.668. The van der Waals surface area contributed by atoms with Crippen molar-refractivity contribution in [2.45, 2.75) is 19.9 Å². The molecular formula is C14H15N3O. The van der Waals surface area contributed by atoms with Gasteiger partial charge in [-0.3, -0.25) is 4.79 Å². The van der Waals surface area contributed by atoms with E-state index in [-0.39, 0.29) is 0 Å². The van der Waals surface area contributed by atoms with Crippen molar-refractivity contribution in [3.63, 3.8) is 0 Å². The zero-order chi connectivity index (χ0) is 12.5. The predicted molar refractivity (Wildman–Crippen MR) is 70.9 cm³/mol. The summed E-state index contributed by atoms with van der Waals surface area (Å²) in [7, 11) is 0. The van der Waals surface area contributed by atoms with Gasteiger partial charge in [0, 0.05) is 18.7 Å². The summed E-state index contributed by atoms with van der Waals surface area (Å²) in [6.07, 6.45) is 1.93. The van der Waals surface area contributed by atoms with Crippen molar-refractivity contribution in [3.8, 4) is 11.3 Å². The molecule has 92 valence electrons. The van der Waals surface area contributed by atoms with Crippen LogP contribution in [0.15, 0.2) is 24.3 Å². The number of aryl methyl sites for hydroxylation is 1. The van der Waals surface area contributed by atoms with Crippen LogP contribution >= 0.6 is 0 Å². The first-order valence-electron chi connectivity index (χ1n) is 6.16. The van der Waals surface area contributed by atoms with E-state index in [9.17, 15) is 4.79 Å². The van der Waals surface area contributed by atoms with E-state index in [0.29, 0.717) is 5.69 Å². The third-order valence-corrected chi connectivity index (χ3v) is 3.29. The topological polar surface area (TPSA) is 46.9 Å². The maximum atomic E-state index is 11.3. The van der Waals surface area contributed by atoms with E-state index in [1.807, 2.05) is 35.8 Å². The number of carbonyl (C=O) groups is 1. The SMILES string of the molecule is Cc1ccc(-c2nc3n(c2C=O)CCCN3)cc1. The molecule has 1 aliphatic rings. The van der Waals surface area contributed by atoms with Crippen LogP contribution in [0.3, 0.4) is 0 Å². The van der Waals surface area contributed by atoms with E-state index < -0.39 is 0 Å². The molecular weight excluding hydrogens is 226 g/mol. The van der Waals surface area contributed by atoms with Crippen LogP contribution in [0.25, 0.3) is 11.3 Å². The molecule has 2 aromatic rings. The zero-order valence-corrected chi connectivity index (χ0v) is 10.3. The van der Waals surface area contributed by atoms with Gasteiger partial charge in [-0.15, -0.1) is 0 Å². The average molecular weight is 241 g/mol. The van der Waals surface area contributed by atoms with Gasteiger partial charge in [0.2, 0.25) is 5.95 Å². The van der Waals surface area contributed by atoms with E-state index in [4.69, 9.17) is 0 Å². The molecule has 0 radical (unpaired) electrons. The fourth-order valence-corrected chi connectivity index (χ4v) is 2.31. The molecule has 3 rings (SSSR count). The Balaban J connectivity index is 2.14. The number of hydrogen-bond acceptors (Lipinski definition) is 3. The van der Waals surface area contributed by atoms with Gasteiger partial charge in [-0.25, -0.2) is 4.98 Å². The van der Waals surface area contributed by atoms with Crippen LogP contribution in [0.2, 0.25) is 0 Å². The molecule has 1 aromatic heterocycles. The second kappa shape index (κ2) is 4.29. The highest BCUT2D eigenvalue weighted by Gasteiger charge is 2.19. The fraction of sp³-hybridized carbons (Fsp3) is 0.286. The van der Waals surface area contributed by atoms with Crippen LogP contribution in [-0.2, 0) is 6.54 Å². The number of anilines is 1. The van der Waals surface area contributed by atoms with Crippen LogP contribution in [0, 0.1) is 6.92 Å². The molecule has 1 N–H and O–H groups in total. The highest BCUT2D eigenvalue weighted by molar-refractivity contribution is 5.85. The van der Waals surface area contributed by atoms with E-state index in [0.717, 1.165) is 43.0 Å². The Morgan fingerprint density at radius 2 is 2.11 bits per heavy atom. The standard InChI is InChI=1S/C14H15N3O/c1-10-3-5-11(6-4-10)13-12(9-18)17-8-2-7-15-14(17)16-13/h3-6,9H,2,7-8H2,1H3,(H,15,16). The van der Waals surface area contributed by atoms with Crippen molar-refractivity contribution >= 4 is 12.2 Å². The maximum absolute atomic E-state index is 11.3. The number of benzene rings is 1. The molecule has 0 atom stereocenters. The number of hydrogen-bond donors (Lipinski definition) is 1. The van der Waals surface area contributed by atoms with Crippen molar-refractivity contribution in [3.05, 3.63) is 35.5 Å². The Kier molecular flexibility index (Phi) is 2.63. The number of nitrogens with zero attached hydrogens (tertiary/aromatic N) is 2. The molecule has 1 aromatic carbocycles. The Morgan fingerprint density at radius 1 is 1.33 bits per heavy atom. The summed E-state index contributed by atoms with van der Waals surface area (Å²) in [5.74, 6) is 0.805. The normalized spacial score (nSPS) is 13.8. The van der Waals surface area contributed by atoms with Gasteiger partial charge in [0.25, 0.3) is 0 Å². The summed E-state index contributed by atoms with van der Waals surface area (Å²) in [5, 5.41) is 3.23. The average Bonchev–Trinajstić information content (AvgIpc) is 2.78. The summed E-state index contributed by atoms with van der Waals surface area (Å²) in [4.78, 5) is 15.9. The molecule has 0 bridgehead atoms. The second-order valence-corrected chi connectivity index (χ2v) is 4.59. The number of imidazole rings is 1. The van der Waals surface area contributed by atoms with Gasteiger partial charge in [0.15, 0.2) is 6.29 Å². The molecule has 0 fully saturated rings. The van der Waals surface area contributed by atoms with Gasteiger partial charge >= 0.3 is 0 Å². The molecule has 0 spiro atoms. The van der Waals surface area contributed by atoms with Crippen LogP contribution in [0.4, 0.5) is 5.95 Å². The van der Waals surface area contributed by atoms with Crippen LogP contribution in [0.1, 0.15) is 22.5 Å². The minimum atomic E-state index is 0.668. The monoisotopic (exact) mass is 241 g/mol. The molecule has 2 heterocycles. The van der Waals surface area contributed by atoms with Gasteiger partial charge in [-0.05, 0) is 13.3 Å². The van der Waals surface area contributed by atoms with Gasteiger partial charge in [0.1, 0.15) is 11.4 Å². The van der Waals surface area contributed by atoms with Gasteiger partial charge in [0.05, 0.1) is 0 Å². The molecule has 0 unspecified atom stereocenters. The zero-order valence-electron chi connectivity index (χ0n) is 10.3. The van der Waals surface area contributed by atoms with Gasteiger partial charge in [-0.2, -0.15) is 0 Å². The summed E-state index contributed by atoms with van der Waals surface area (Å²) < 4.78 is 1.96. The van der Waals surface area contributed by atoms with E-state index in [2.05, 4.69) is 10.3 Å². The summed E-state index contributed by atoms with van der Waals surface area (Å²) in [6.45, 7) is 3.82. The molecule has 18 heavy (non-hydrogen) atoms. The first-order valence-corrected chi connectivity index (χ1v) is 6.16. The Labute approximate surface area is 106 Å². The Bertz CT molecular complexity index is 584. The summed E-state index contributed by atoms with van der Waals surface area (Å²) in [5.41, 5.74) is 3.63. The lowest BCUT2D eigenvalue weighted by molar-refractivity contribution is 0.111. The third-order valence-electron chi connectivity index (χ3n) is 3.29. The lowest BCUT2D eigenvalue weighted by Crippen LogP contribution is -2.18. The van der Waals surface area contributed by atoms with Crippen molar-refractivity contribution in [1.29, 1.82) is 0 Å². The molecule has 1 aliphatic heterocycles. The van der Waals surface area contributed by atoms with Crippen molar-refractivity contribution in [1.82, 2.24) is 9.55 Å². The smallest absolute Gasteiger partial charge is 0.203 e.